The van der Waals surface area contributed by atoms with Crippen LogP contribution >= 0.6 is 11.6 Å². The summed E-state index contributed by atoms with van der Waals surface area (Å²) >= 11 is 6.05. The Balaban J connectivity index is 1.60. The van der Waals surface area contributed by atoms with Gasteiger partial charge in [-0.15, -0.1) is 0 Å². The van der Waals surface area contributed by atoms with E-state index in [2.05, 4.69) is 15.3 Å². The minimum absolute atomic E-state index is 0.117. The largest absolute Gasteiger partial charge is 0.459 e. The van der Waals surface area contributed by atoms with Crippen molar-refractivity contribution in [3.05, 3.63) is 92.9 Å². The first-order chi connectivity index (χ1) is 16.4. The number of H-pyrrole nitrogens is 1. The highest BCUT2D eigenvalue weighted by molar-refractivity contribution is 6.31. The van der Waals surface area contributed by atoms with Crippen molar-refractivity contribution in [3.63, 3.8) is 0 Å². The third kappa shape index (κ3) is 5.02. The maximum absolute atomic E-state index is 13.4. The Bertz CT molecular complexity index is 1410. The summed E-state index contributed by atoms with van der Waals surface area (Å²) in [6.45, 7) is 4.37. The number of fused-ring (bicyclic) bond motifs is 1. The number of hydrogen-bond donors (Lipinski definition) is 2. The molecule has 0 bridgehead atoms. The van der Waals surface area contributed by atoms with Crippen LogP contribution in [-0.4, -0.2) is 33.2 Å². The summed E-state index contributed by atoms with van der Waals surface area (Å²) in [7, 11) is 0. The maximum atomic E-state index is 13.4. The molecule has 0 fully saturated rings. The summed E-state index contributed by atoms with van der Waals surface area (Å²) in [6.07, 6.45) is 2.13. The van der Waals surface area contributed by atoms with Crippen LogP contribution in [0.2, 0.25) is 5.02 Å². The Hall–Kier alpha value is -3.91. The first-order valence-electron chi connectivity index (χ1n) is 10.8. The Morgan fingerprint density at radius 2 is 2.00 bits per heavy atom. The zero-order chi connectivity index (χ0) is 24.2. The van der Waals surface area contributed by atoms with E-state index in [1.807, 2.05) is 13.8 Å². The fourth-order valence-electron chi connectivity index (χ4n) is 3.60. The lowest BCUT2D eigenvalue weighted by Gasteiger charge is -2.22. The number of hydrogen-bond acceptors (Lipinski definition) is 5. The van der Waals surface area contributed by atoms with E-state index >= 15 is 0 Å². The van der Waals surface area contributed by atoms with Gasteiger partial charge in [0.1, 0.15) is 5.82 Å². The zero-order valence-electron chi connectivity index (χ0n) is 18.7. The first-order valence-corrected chi connectivity index (χ1v) is 11.2. The van der Waals surface area contributed by atoms with Crippen molar-refractivity contribution in [1.29, 1.82) is 0 Å². The van der Waals surface area contributed by atoms with Gasteiger partial charge in [0.2, 0.25) is 0 Å². The number of halogens is 1. The molecule has 0 radical (unpaired) electrons. The highest BCUT2D eigenvalue weighted by atomic mass is 35.5. The second-order valence-corrected chi connectivity index (χ2v) is 8.30. The SMILES string of the molecule is CCCN(Cc1nc2cc(Cl)ccc2c(=O)[nH]1)C(=O)c1ccc(C)c(NC(=O)c2ccco2)c1. The van der Waals surface area contributed by atoms with E-state index in [-0.39, 0.29) is 23.8 Å². The maximum Gasteiger partial charge on any atom is 0.291 e. The van der Waals surface area contributed by atoms with Gasteiger partial charge in [0.15, 0.2) is 5.76 Å². The van der Waals surface area contributed by atoms with Crippen molar-refractivity contribution in [2.75, 3.05) is 11.9 Å². The molecule has 0 unspecified atom stereocenters. The van der Waals surface area contributed by atoms with E-state index in [0.29, 0.717) is 46.0 Å². The molecule has 0 aliphatic carbocycles. The van der Waals surface area contributed by atoms with Crippen molar-refractivity contribution >= 4 is 40.0 Å². The van der Waals surface area contributed by atoms with Crippen LogP contribution in [-0.2, 0) is 6.54 Å². The minimum atomic E-state index is -0.403. The van der Waals surface area contributed by atoms with E-state index in [0.717, 1.165) is 5.56 Å². The molecule has 2 amide bonds. The molecule has 4 aromatic rings. The highest BCUT2D eigenvalue weighted by Crippen LogP contribution is 2.21. The number of anilines is 1. The minimum Gasteiger partial charge on any atom is -0.459 e. The lowest BCUT2D eigenvalue weighted by atomic mass is 10.1. The van der Waals surface area contributed by atoms with E-state index in [1.54, 1.807) is 53.4 Å². The molecule has 0 atom stereocenters. The molecular weight excluding hydrogens is 456 g/mol. The van der Waals surface area contributed by atoms with Crippen LogP contribution in [0.5, 0.6) is 0 Å². The number of benzene rings is 2. The van der Waals surface area contributed by atoms with Crippen LogP contribution in [0.15, 0.2) is 64.0 Å². The Morgan fingerprint density at radius 3 is 2.74 bits per heavy atom. The summed E-state index contributed by atoms with van der Waals surface area (Å²) in [5, 5.41) is 3.69. The van der Waals surface area contributed by atoms with Crippen LogP contribution in [0, 0.1) is 6.92 Å². The van der Waals surface area contributed by atoms with Crippen molar-refractivity contribution in [2.24, 2.45) is 0 Å². The lowest BCUT2D eigenvalue weighted by Crippen LogP contribution is -2.33. The molecule has 0 aliphatic rings. The number of aromatic nitrogens is 2. The van der Waals surface area contributed by atoms with Crippen LogP contribution < -0.4 is 10.9 Å². The molecule has 8 nitrogen and oxygen atoms in total. The summed E-state index contributed by atoms with van der Waals surface area (Å²) in [6, 6.07) is 13.2. The van der Waals surface area contributed by atoms with Crippen LogP contribution in [0.25, 0.3) is 10.9 Å². The van der Waals surface area contributed by atoms with Gasteiger partial charge in [0, 0.05) is 22.8 Å². The lowest BCUT2D eigenvalue weighted by molar-refractivity contribution is 0.0738. The molecule has 0 saturated carbocycles. The molecule has 0 saturated heterocycles. The topological polar surface area (TPSA) is 108 Å². The summed E-state index contributed by atoms with van der Waals surface area (Å²) in [5.41, 5.74) is 1.89. The summed E-state index contributed by atoms with van der Waals surface area (Å²) < 4.78 is 5.14. The predicted octanol–water partition coefficient (Wildman–Crippen LogP) is 4.78. The molecule has 0 aliphatic heterocycles. The predicted molar refractivity (Wildman–Crippen MR) is 130 cm³/mol. The molecule has 4 rings (SSSR count). The van der Waals surface area contributed by atoms with E-state index in [1.165, 1.54) is 6.26 Å². The van der Waals surface area contributed by atoms with Gasteiger partial charge < -0.3 is 19.6 Å². The normalized spacial score (nSPS) is 10.9. The number of carbonyl (C=O) groups excluding carboxylic acids is 2. The number of aryl methyl sites for hydroxylation is 1. The van der Waals surface area contributed by atoms with Crippen LogP contribution in [0.3, 0.4) is 0 Å². The molecule has 34 heavy (non-hydrogen) atoms. The quantitative estimate of drug-likeness (QED) is 0.397. The second kappa shape index (κ2) is 9.93. The smallest absolute Gasteiger partial charge is 0.291 e. The fourth-order valence-corrected chi connectivity index (χ4v) is 3.77. The van der Waals surface area contributed by atoms with E-state index in [9.17, 15) is 14.4 Å². The number of amides is 2. The van der Waals surface area contributed by atoms with Gasteiger partial charge in [-0.05, 0) is 61.4 Å². The standard InChI is InChI=1S/C25H23ClN4O4/c1-3-10-30(14-22-27-20-13-17(26)8-9-18(20)23(31)29-22)25(33)16-7-6-15(2)19(12-16)28-24(32)21-5-4-11-34-21/h4-9,11-13H,3,10,14H2,1-2H3,(H,28,32)(H,27,29,31). The molecule has 2 N–H and O–H groups in total. The van der Waals surface area contributed by atoms with Crippen molar-refractivity contribution in [1.82, 2.24) is 14.9 Å². The average Bonchev–Trinajstić information content (AvgIpc) is 3.35. The molecule has 2 heterocycles. The number of nitrogens with zero attached hydrogens (tertiary/aromatic N) is 2. The van der Waals surface area contributed by atoms with Gasteiger partial charge in [0.05, 0.1) is 23.7 Å². The molecule has 174 valence electrons. The number of nitrogens with one attached hydrogen (secondary N) is 2. The summed E-state index contributed by atoms with van der Waals surface area (Å²) in [5.74, 6) is -0.112. The van der Waals surface area contributed by atoms with Crippen LogP contribution in [0.1, 0.15) is 45.6 Å². The van der Waals surface area contributed by atoms with Crippen molar-refractivity contribution in [3.8, 4) is 0 Å². The molecule has 0 spiro atoms. The van der Waals surface area contributed by atoms with Crippen molar-refractivity contribution < 1.29 is 14.0 Å². The third-order valence-electron chi connectivity index (χ3n) is 5.32. The van der Waals surface area contributed by atoms with Gasteiger partial charge in [-0.1, -0.05) is 24.6 Å². The van der Waals surface area contributed by atoms with Crippen LogP contribution in [0.4, 0.5) is 5.69 Å². The summed E-state index contributed by atoms with van der Waals surface area (Å²) in [4.78, 5) is 47.1. The Morgan fingerprint density at radius 1 is 1.18 bits per heavy atom. The van der Waals surface area contributed by atoms with Gasteiger partial charge >= 0.3 is 0 Å². The first kappa shape index (κ1) is 23.3. The fraction of sp³-hybridized carbons (Fsp3) is 0.200. The zero-order valence-corrected chi connectivity index (χ0v) is 19.5. The monoisotopic (exact) mass is 478 g/mol. The second-order valence-electron chi connectivity index (χ2n) is 7.86. The van der Waals surface area contributed by atoms with E-state index in [4.69, 9.17) is 16.0 Å². The molecule has 2 aromatic heterocycles. The Labute approximate surface area is 200 Å². The van der Waals surface area contributed by atoms with Gasteiger partial charge in [-0.25, -0.2) is 4.98 Å². The van der Waals surface area contributed by atoms with E-state index < -0.39 is 5.91 Å². The molecule has 2 aromatic carbocycles. The van der Waals surface area contributed by atoms with Crippen molar-refractivity contribution in [2.45, 2.75) is 26.8 Å². The van der Waals surface area contributed by atoms with Gasteiger partial charge in [-0.2, -0.15) is 0 Å². The Kier molecular flexibility index (Phi) is 6.79. The third-order valence-corrected chi connectivity index (χ3v) is 5.55. The molecular formula is C25H23ClN4O4. The number of aromatic amines is 1. The number of furan rings is 1. The van der Waals surface area contributed by atoms with Gasteiger partial charge in [0.25, 0.3) is 17.4 Å². The highest BCUT2D eigenvalue weighted by Gasteiger charge is 2.19. The molecule has 9 heteroatoms. The van der Waals surface area contributed by atoms with Gasteiger partial charge in [-0.3, -0.25) is 14.4 Å². The number of rotatable bonds is 7. The average molecular weight is 479 g/mol. The number of carbonyl (C=O) groups is 2.